The summed E-state index contributed by atoms with van der Waals surface area (Å²) in [6, 6.07) is 20.1. The van der Waals surface area contributed by atoms with Crippen molar-refractivity contribution in [3.63, 3.8) is 0 Å². The Balaban J connectivity index is 0.000000435. The van der Waals surface area contributed by atoms with E-state index in [-0.39, 0.29) is 32.8 Å². The van der Waals surface area contributed by atoms with Crippen molar-refractivity contribution in [2.45, 2.75) is 48.1 Å². The van der Waals surface area contributed by atoms with Crippen molar-refractivity contribution in [1.29, 1.82) is 0 Å². The van der Waals surface area contributed by atoms with Crippen LogP contribution >= 0.6 is 0 Å². The van der Waals surface area contributed by atoms with Crippen molar-refractivity contribution in [1.82, 2.24) is 9.47 Å². The molecule has 0 spiro atoms. The van der Waals surface area contributed by atoms with E-state index in [2.05, 4.69) is 125 Å². The summed E-state index contributed by atoms with van der Waals surface area (Å²) in [4.78, 5) is 2.13. The van der Waals surface area contributed by atoms with Crippen molar-refractivity contribution in [2.75, 3.05) is 14.1 Å². The minimum absolute atomic E-state index is 0. The molecule has 0 fully saturated rings. The smallest absolute Gasteiger partial charge is 1.00 e. The van der Waals surface area contributed by atoms with Gasteiger partial charge in [-0.2, -0.15) is 30.3 Å². The summed E-state index contributed by atoms with van der Waals surface area (Å²) in [6.45, 7) is 13.9. The summed E-state index contributed by atoms with van der Waals surface area (Å²) in [5.41, 5.74) is 11.4. The number of aryl methyl sites for hydroxylation is 6. The first-order chi connectivity index (χ1) is 15.7. The van der Waals surface area contributed by atoms with Crippen LogP contribution < -0.4 is 17.0 Å². The van der Waals surface area contributed by atoms with Gasteiger partial charge in [0.1, 0.15) is 0 Å². The second-order valence-corrected chi connectivity index (χ2v) is 9.26. The van der Waals surface area contributed by atoms with Gasteiger partial charge in [-0.05, 0) is 77.9 Å². The Kier molecular flexibility index (Phi) is 12.1. The summed E-state index contributed by atoms with van der Waals surface area (Å²) in [5.74, 6) is 0. The molecule has 0 radical (unpaired) electrons. The SMILES string of the molecule is CN(C)Cc1[c-]cccc1.Cc1cc(C)c(-n2[c-][n+](-c3c(C)cc(C)cc3C)cc2)c(C)c1.[Cl-].[Pd+2]. The minimum Gasteiger partial charge on any atom is -1.00 e. The van der Waals surface area contributed by atoms with Crippen molar-refractivity contribution < 1.29 is 37.4 Å². The summed E-state index contributed by atoms with van der Waals surface area (Å²) in [6.07, 6.45) is 7.65. The fourth-order valence-corrected chi connectivity index (χ4v) is 4.54. The average molecular weight is 581 g/mol. The number of imidazole rings is 1. The number of hydrogen-bond acceptors (Lipinski definition) is 1. The van der Waals surface area contributed by atoms with E-state index in [4.69, 9.17) is 0 Å². The predicted octanol–water partition coefficient (Wildman–Crippen LogP) is 2.95. The third-order valence-corrected chi connectivity index (χ3v) is 5.59. The van der Waals surface area contributed by atoms with Gasteiger partial charge in [0, 0.05) is 18.9 Å². The van der Waals surface area contributed by atoms with Crippen molar-refractivity contribution in [3.05, 3.63) is 112 Å². The molecule has 0 amide bonds. The van der Waals surface area contributed by atoms with Crippen LogP contribution in [0.4, 0.5) is 0 Å². The molecule has 35 heavy (non-hydrogen) atoms. The number of rotatable bonds is 4. The van der Waals surface area contributed by atoms with Gasteiger partial charge in [0.05, 0.1) is 11.4 Å². The summed E-state index contributed by atoms with van der Waals surface area (Å²) in [7, 11) is 4.11. The first-order valence-corrected chi connectivity index (χ1v) is 11.4. The molecule has 3 aromatic carbocycles. The topological polar surface area (TPSA) is 12.1 Å². The van der Waals surface area contributed by atoms with Crippen LogP contribution in [0.5, 0.6) is 0 Å². The zero-order valence-electron chi connectivity index (χ0n) is 22.0. The number of benzene rings is 3. The van der Waals surface area contributed by atoms with Crippen LogP contribution in [0, 0.1) is 53.9 Å². The molecule has 4 rings (SSSR count). The average Bonchev–Trinajstić information content (AvgIpc) is 3.16. The Labute approximate surface area is 231 Å². The molecule has 4 aromatic rings. The Hall–Kier alpha value is -2.22. The fourth-order valence-electron chi connectivity index (χ4n) is 4.54. The third-order valence-electron chi connectivity index (χ3n) is 5.59. The number of nitrogens with zero attached hydrogens (tertiary/aromatic N) is 3. The van der Waals surface area contributed by atoms with Crippen LogP contribution in [-0.2, 0) is 27.0 Å². The van der Waals surface area contributed by atoms with Gasteiger partial charge in [-0.15, -0.1) is 5.56 Å². The van der Waals surface area contributed by atoms with Crippen LogP contribution in [0.3, 0.4) is 0 Å². The Morgan fingerprint density at radius 1 is 0.829 bits per heavy atom. The van der Waals surface area contributed by atoms with E-state index in [1.165, 1.54) is 50.3 Å². The van der Waals surface area contributed by atoms with E-state index >= 15 is 0 Å². The first kappa shape index (κ1) is 30.8. The van der Waals surface area contributed by atoms with E-state index in [0.29, 0.717) is 0 Å². The van der Waals surface area contributed by atoms with Crippen molar-refractivity contribution in [2.24, 2.45) is 0 Å². The van der Waals surface area contributed by atoms with Gasteiger partial charge in [0.15, 0.2) is 0 Å². The molecule has 0 N–H and O–H groups in total. The van der Waals surface area contributed by atoms with E-state index in [0.717, 1.165) is 6.54 Å². The Bertz CT molecular complexity index is 1110. The third kappa shape index (κ3) is 8.16. The van der Waals surface area contributed by atoms with Crippen LogP contribution in [0.2, 0.25) is 0 Å². The minimum atomic E-state index is 0. The summed E-state index contributed by atoms with van der Waals surface area (Å²) >= 11 is 0. The van der Waals surface area contributed by atoms with Gasteiger partial charge in [-0.3, -0.25) is 9.13 Å². The molecule has 0 aliphatic heterocycles. The van der Waals surface area contributed by atoms with Gasteiger partial charge in [-0.25, -0.2) is 0 Å². The number of halogens is 1. The first-order valence-electron chi connectivity index (χ1n) is 11.4. The zero-order chi connectivity index (χ0) is 24.1. The monoisotopic (exact) mass is 579 g/mol. The number of aromatic nitrogens is 2. The number of hydrogen-bond donors (Lipinski definition) is 0. The largest absolute Gasteiger partial charge is 2.00 e. The molecule has 0 aliphatic carbocycles. The maximum atomic E-state index is 3.48. The summed E-state index contributed by atoms with van der Waals surface area (Å²) in [5, 5.41) is 0. The normalized spacial score (nSPS) is 10.2. The summed E-state index contributed by atoms with van der Waals surface area (Å²) < 4.78 is 4.20. The van der Waals surface area contributed by atoms with Crippen molar-refractivity contribution in [3.8, 4) is 11.4 Å². The fraction of sp³-hybridized carbons (Fsp3) is 0.300. The molecule has 3 nitrogen and oxygen atoms in total. The molecule has 0 saturated carbocycles. The second-order valence-electron chi connectivity index (χ2n) is 9.26. The Morgan fingerprint density at radius 3 is 1.86 bits per heavy atom. The van der Waals surface area contributed by atoms with Gasteiger partial charge >= 0.3 is 20.4 Å². The van der Waals surface area contributed by atoms with Crippen LogP contribution in [0.25, 0.3) is 11.4 Å². The molecule has 5 heteroatoms. The molecule has 188 valence electrons. The van der Waals surface area contributed by atoms with Crippen LogP contribution in [0.1, 0.15) is 38.9 Å². The molecule has 0 saturated heterocycles. The van der Waals surface area contributed by atoms with Crippen molar-refractivity contribution >= 4 is 0 Å². The van der Waals surface area contributed by atoms with Gasteiger partial charge in [-0.1, -0.05) is 35.4 Å². The molecule has 1 heterocycles. The second kappa shape index (κ2) is 13.8. The molecule has 0 unspecified atom stereocenters. The molecule has 0 bridgehead atoms. The maximum absolute atomic E-state index is 3.48. The molecule has 0 aliphatic rings. The zero-order valence-corrected chi connectivity index (χ0v) is 24.3. The predicted molar refractivity (Wildman–Crippen MR) is 137 cm³/mol. The van der Waals surface area contributed by atoms with Gasteiger partial charge in [0.25, 0.3) is 6.33 Å². The van der Waals surface area contributed by atoms with E-state index in [1.807, 2.05) is 18.2 Å². The van der Waals surface area contributed by atoms with Crippen LogP contribution in [0.15, 0.2) is 60.9 Å². The molecule has 1 aromatic heterocycles. The molecular weight excluding hydrogens is 544 g/mol. The van der Waals surface area contributed by atoms with Crippen LogP contribution in [-0.4, -0.2) is 23.6 Å². The molecular formula is C30H36ClN3Pd. The quantitative estimate of drug-likeness (QED) is 0.206. The standard InChI is InChI=1S/C21H24N2.C9H12N.ClH.Pd/c1-14-9-16(3)20(17(4)10-14)22-7-8-23(13-22)21-18(5)11-15(2)12-19(21)6;1-10(2)8-9-6-4-3-5-7-9;;/h7-12H,1-6H3;3-6H,8H2,1-2H3;1H;/q;-1;;+2/p-1. The van der Waals surface area contributed by atoms with E-state index in [9.17, 15) is 0 Å². The van der Waals surface area contributed by atoms with E-state index in [1.54, 1.807) is 0 Å². The van der Waals surface area contributed by atoms with Gasteiger partial charge < -0.3 is 17.3 Å². The van der Waals surface area contributed by atoms with Gasteiger partial charge in [0.2, 0.25) is 0 Å². The molecule has 0 atom stereocenters. The maximum Gasteiger partial charge on any atom is 2.00 e. The van der Waals surface area contributed by atoms with E-state index < -0.39 is 0 Å². The Morgan fingerprint density at radius 2 is 1.37 bits per heavy atom.